The van der Waals surface area contributed by atoms with Crippen LogP contribution >= 0.6 is 0 Å². The Bertz CT molecular complexity index is 3140. The summed E-state index contributed by atoms with van der Waals surface area (Å²) in [4.78, 5) is 15.1. The van der Waals surface area contributed by atoms with Gasteiger partial charge in [-0.3, -0.25) is 0 Å². The molecule has 4 aromatic heterocycles. The molecule has 11 aromatic rings. The molecule has 6 nitrogen and oxygen atoms in total. The molecule has 0 fully saturated rings. The topological polar surface area (TPSA) is 69.9 Å². The summed E-state index contributed by atoms with van der Waals surface area (Å²) >= 11 is 0. The highest BCUT2D eigenvalue weighted by molar-refractivity contribution is 6.27. The number of para-hydroxylation sites is 4. The van der Waals surface area contributed by atoms with E-state index in [4.69, 9.17) is 23.8 Å². The van der Waals surface area contributed by atoms with Crippen LogP contribution in [0.25, 0.3) is 106 Å². The van der Waals surface area contributed by atoms with Crippen LogP contribution < -0.4 is 0 Å². The fraction of sp³-hybridized carbons (Fsp3) is 0. The largest absolute Gasteiger partial charge is 0.456 e. The number of aromatic nitrogens is 4. The molecule has 4 heterocycles. The number of hydrogen-bond donors (Lipinski definition) is 0. The number of rotatable bonds is 4. The van der Waals surface area contributed by atoms with Crippen molar-refractivity contribution < 1.29 is 8.83 Å². The molecule has 0 unspecified atom stereocenters. The molecule has 6 heteroatoms. The second-order valence-corrected chi connectivity index (χ2v) is 12.8. The third kappa shape index (κ3) is 4.20. The van der Waals surface area contributed by atoms with Gasteiger partial charge in [0.15, 0.2) is 17.5 Å². The van der Waals surface area contributed by atoms with Gasteiger partial charge in [0.25, 0.3) is 0 Å². The van der Waals surface area contributed by atoms with Gasteiger partial charge in [-0.2, -0.15) is 0 Å². The maximum Gasteiger partial charge on any atom is 0.167 e. The van der Waals surface area contributed by atoms with Crippen LogP contribution in [0.3, 0.4) is 0 Å². The van der Waals surface area contributed by atoms with Gasteiger partial charge in [0.1, 0.15) is 22.3 Å². The van der Waals surface area contributed by atoms with Crippen LogP contribution in [0.2, 0.25) is 0 Å². The highest BCUT2D eigenvalue weighted by Crippen LogP contribution is 2.41. The Morgan fingerprint density at radius 1 is 0.373 bits per heavy atom. The lowest BCUT2D eigenvalue weighted by Crippen LogP contribution is -2.00. The van der Waals surface area contributed by atoms with E-state index in [-0.39, 0.29) is 0 Å². The van der Waals surface area contributed by atoms with E-state index in [1.54, 1.807) is 0 Å². The molecule has 7 aromatic carbocycles. The van der Waals surface area contributed by atoms with Crippen molar-refractivity contribution in [3.05, 3.63) is 158 Å². The number of furan rings is 2. The predicted octanol–water partition coefficient (Wildman–Crippen LogP) is 11.8. The van der Waals surface area contributed by atoms with Gasteiger partial charge >= 0.3 is 0 Å². The Morgan fingerprint density at radius 2 is 1.00 bits per heavy atom. The molecule has 0 aliphatic heterocycles. The molecule has 0 saturated carbocycles. The number of hydrogen-bond acceptors (Lipinski definition) is 5. The zero-order valence-electron chi connectivity index (χ0n) is 27.1. The first-order valence-electron chi connectivity index (χ1n) is 16.9. The molecule has 0 atom stereocenters. The zero-order chi connectivity index (χ0) is 33.5. The summed E-state index contributed by atoms with van der Waals surface area (Å²) in [5, 5.41) is 6.72. The van der Waals surface area contributed by atoms with Crippen LogP contribution in [0.5, 0.6) is 0 Å². The molecule has 0 spiro atoms. The van der Waals surface area contributed by atoms with Crippen molar-refractivity contribution >= 4 is 65.7 Å². The summed E-state index contributed by atoms with van der Waals surface area (Å²) in [6.45, 7) is 0. The number of benzene rings is 7. The normalized spacial score (nSPS) is 11.9. The van der Waals surface area contributed by atoms with Gasteiger partial charge in [-0.25, -0.2) is 15.0 Å². The van der Waals surface area contributed by atoms with Gasteiger partial charge in [-0.1, -0.05) is 97.1 Å². The highest BCUT2D eigenvalue weighted by Gasteiger charge is 2.20. The van der Waals surface area contributed by atoms with Crippen molar-refractivity contribution in [1.82, 2.24) is 19.5 Å². The second kappa shape index (κ2) is 10.7. The van der Waals surface area contributed by atoms with Crippen LogP contribution in [0, 0.1) is 0 Å². The van der Waals surface area contributed by atoms with E-state index in [0.717, 1.165) is 77.3 Å². The Hall–Kier alpha value is -7.05. The lowest BCUT2D eigenvalue weighted by Gasteiger charge is -2.11. The van der Waals surface area contributed by atoms with Gasteiger partial charge in [0, 0.05) is 49.1 Å². The highest BCUT2D eigenvalue weighted by atomic mass is 16.3. The quantitative estimate of drug-likeness (QED) is 0.189. The van der Waals surface area contributed by atoms with Crippen molar-refractivity contribution in [1.29, 1.82) is 0 Å². The minimum absolute atomic E-state index is 0.561. The maximum absolute atomic E-state index is 6.39. The van der Waals surface area contributed by atoms with Crippen LogP contribution in [-0.4, -0.2) is 19.5 Å². The minimum Gasteiger partial charge on any atom is -0.456 e. The van der Waals surface area contributed by atoms with E-state index in [0.29, 0.717) is 17.5 Å². The molecule has 11 rings (SSSR count). The fourth-order valence-electron chi connectivity index (χ4n) is 7.58. The molecule has 238 valence electrons. The molecule has 0 aliphatic carbocycles. The van der Waals surface area contributed by atoms with Crippen LogP contribution in [0.4, 0.5) is 0 Å². The molecular weight excluding hydrogens is 629 g/mol. The van der Waals surface area contributed by atoms with E-state index in [2.05, 4.69) is 89.5 Å². The predicted molar refractivity (Wildman–Crippen MR) is 205 cm³/mol. The summed E-state index contributed by atoms with van der Waals surface area (Å²) in [6, 6.07) is 53.8. The summed E-state index contributed by atoms with van der Waals surface area (Å²) < 4.78 is 15.0. The first-order valence-corrected chi connectivity index (χ1v) is 16.9. The van der Waals surface area contributed by atoms with Gasteiger partial charge in [0.05, 0.1) is 16.6 Å². The molecule has 0 amide bonds. The van der Waals surface area contributed by atoms with Crippen LogP contribution in [-0.2, 0) is 0 Å². The third-order valence-electron chi connectivity index (χ3n) is 9.87. The first-order chi connectivity index (χ1) is 25.3. The maximum atomic E-state index is 6.39. The SMILES string of the molecule is c1ccc(-c2nc(-c3ccc(-n4c5ccccc5c5c6c(ccc54)oc4ccccc46)cc3)nc(-c3cccc4c3oc3ccccc34)n2)cc1. The smallest absolute Gasteiger partial charge is 0.167 e. The Morgan fingerprint density at radius 3 is 1.80 bits per heavy atom. The van der Waals surface area contributed by atoms with Gasteiger partial charge in [0.2, 0.25) is 0 Å². The number of nitrogens with zero attached hydrogens (tertiary/aromatic N) is 4. The molecule has 0 radical (unpaired) electrons. The lowest BCUT2D eigenvalue weighted by molar-refractivity contribution is 0.669. The lowest BCUT2D eigenvalue weighted by atomic mass is 10.1. The molecule has 0 N–H and O–H groups in total. The van der Waals surface area contributed by atoms with E-state index in [1.165, 1.54) is 10.8 Å². The summed E-state index contributed by atoms with van der Waals surface area (Å²) in [7, 11) is 0. The molecule has 0 saturated heterocycles. The third-order valence-corrected chi connectivity index (χ3v) is 9.87. The van der Waals surface area contributed by atoms with Gasteiger partial charge in [-0.05, 0) is 60.7 Å². The average Bonchev–Trinajstić information content (AvgIpc) is 3.87. The van der Waals surface area contributed by atoms with Gasteiger partial charge < -0.3 is 13.4 Å². The van der Waals surface area contributed by atoms with E-state index in [9.17, 15) is 0 Å². The standard InChI is InChI=1S/C45H26N4O2/c1-2-11-27(12-3-1)43-46-44(48-45(47-43)34-17-10-16-31-30-13-5-8-19-37(30)51-42(31)34)28-21-23-29(24-22-28)49-35-18-7-4-14-32(35)40-36(49)25-26-39-41(40)33-15-6-9-20-38(33)50-39/h1-26H. The zero-order valence-corrected chi connectivity index (χ0v) is 27.1. The van der Waals surface area contributed by atoms with Crippen molar-refractivity contribution in [2.24, 2.45) is 0 Å². The second-order valence-electron chi connectivity index (χ2n) is 12.8. The monoisotopic (exact) mass is 654 g/mol. The molecule has 51 heavy (non-hydrogen) atoms. The molecular formula is C45H26N4O2. The first kappa shape index (κ1) is 27.9. The van der Waals surface area contributed by atoms with E-state index < -0.39 is 0 Å². The average molecular weight is 655 g/mol. The van der Waals surface area contributed by atoms with Crippen molar-refractivity contribution in [2.45, 2.75) is 0 Å². The van der Waals surface area contributed by atoms with Gasteiger partial charge in [-0.15, -0.1) is 0 Å². The van der Waals surface area contributed by atoms with E-state index >= 15 is 0 Å². The number of fused-ring (bicyclic) bond motifs is 10. The van der Waals surface area contributed by atoms with Crippen LogP contribution in [0.1, 0.15) is 0 Å². The van der Waals surface area contributed by atoms with Crippen LogP contribution in [0.15, 0.2) is 167 Å². The van der Waals surface area contributed by atoms with Crippen molar-refractivity contribution in [2.75, 3.05) is 0 Å². The Balaban J connectivity index is 1.09. The molecule has 0 aliphatic rings. The summed E-state index contributed by atoms with van der Waals surface area (Å²) in [5.74, 6) is 1.75. The van der Waals surface area contributed by atoms with E-state index in [1.807, 2.05) is 72.8 Å². The summed E-state index contributed by atoms with van der Waals surface area (Å²) in [6.07, 6.45) is 0. The van der Waals surface area contributed by atoms with Crippen molar-refractivity contribution in [3.63, 3.8) is 0 Å². The fourth-order valence-corrected chi connectivity index (χ4v) is 7.58. The Kier molecular flexibility index (Phi) is 5.86. The summed E-state index contributed by atoms with van der Waals surface area (Å²) in [5.41, 5.74) is 9.30. The van der Waals surface area contributed by atoms with Crippen molar-refractivity contribution in [3.8, 4) is 39.9 Å². The molecule has 0 bridgehead atoms. The Labute approximate surface area is 290 Å². The minimum atomic E-state index is 0.561.